The highest BCUT2D eigenvalue weighted by Gasteiger charge is 2.63. The number of hydrogen-bond acceptors (Lipinski definition) is 11. The summed E-state index contributed by atoms with van der Waals surface area (Å²) in [6.07, 6.45) is 5.98. The molecule has 4 amide bonds. The highest BCUT2D eigenvalue weighted by Crippen LogP contribution is 2.47. The zero-order chi connectivity index (χ0) is 42.8. The van der Waals surface area contributed by atoms with Gasteiger partial charge in [0.2, 0.25) is 27.7 Å². The number of ether oxygens (including phenoxy) is 3. The van der Waals surface area contributed by atoms with Crippen LogP contribution in [0, 0.1) is 23.2 Å². The summed E-state index contributed by atoms with van der Waals surface area (Å²) >= 11 is 0. The lowest BCUT2D eigenvalue weighted by Gasteiger charge is -2.36. The Morgan fingerprint density at radius 3 is 2.52 bits per heavy atom. The van der Waals surface area contributed by atoms with Crippen LogP contribution in [-0.4, -0.2) is 115 Å². The minimum atomic E-state index is -4.01. The Labute approximate surface area is 352 Å². The summed E-state index contributed by atoms with van der Waals surface area (Å²) < 4.78 is 46.8. The van der Waals surface area contributed by atoms with E-state index in [1.54, 1.807) is 6.92 Å². The second kappa shape index (κ2) is 15.8. The molecule has 6 aliphatic rings. The molecule has 16 heteroatoms. The number of aromatic nitrogens is 1. The van der Waals surface area contributed by atoms with Gasteiger partial charge in [0, 0.05) is 36.7 Å². The number of carbonyl (C=O) groups is 4. The Hall–Kier alpha value is -4.44. The average Bonchev–Trinajstić information content (AvgIpc) is 4.14. The van der Waals surface area contributed by atoms with Gasteiger partial charge in [-0.1, -0.05) is 51.8 Å². The fourth-order valence-electron chi connectivity index (χ4n) is 9.13. The van der Waals surface area contributed by atoms with Gasteiger partial charge >= 0.3 is 6.09 Å². The molecule has 3 N–H and O–H groups in total. The molecule has 2 bridgehead atoms. The van der Waals surface area contributed by atoms with Crippen molar-refractivity contribution in [2.75, 3.05) is 33.3 Å². The predicted molar refractivity (Wildman–Crippen MR) is 224 cm³/mol. The van der Waals surface area contributed by atoms with Crippen LogP contribution in [-0.2, 0) is 35.6 Å². The van der Waals surface area contributed by atoms with Crippen LogP contribution in [0.25, 0.3) is 10.9 Å². The minimum absolute atomic E-state index is 0.0275. The van der Waals surface area contributed by atoms with Gasteiger partial charge in [0.1, 0.15) is 35.6 Å². The third-order valence-corrected chi connectivity index (χ3v) is 15.7. The van der Waals surface area contributed by atoms with Crippen LogP contribution in [0.3, 0.4) is 0 Å². The first-order chi connectivity index (χ1) is 28.4. The molecule has 3 saturated carbocycles. The molecule has 326 valence electrons. The van der Waals surface area contributed by atoms with Gasteiger partial charge in [0.05, 0.1) is 29.0 Å². The lowest BCUT2D eigenvalue weighted by molar-refractivity contribution is -0.142. The summed E-state index contributed by atoms with van der Waals surface area (Å²) in [4.78, 5) is 65.3. The van der Waals surface area contributed by atoms with E-state index in [9.17, 15) is 27.6 Å². The van der Waals surface area contributed by atoms with Gasteiger partial charge < -0.3 is 34.6 Å². The molecule has 1 aromatic heterocycles. The van der Waals surface area contributed by atoms with Crippen molar-refractivity contribution in [3.05, 3.63) is 42.5 Å². The van der Waals surface area contributed by atoms with Gasteiger partial charge in [-0.05, 0) is 82.4 Å². The molecule has 5 fully saturated rings. The molecule has 0 radical (unpaired) electrons. The predicted octanol–water partition coefficient (Wildman–Crippen LogP) is 4.23. The number of para-hydroxylation sites is 1. The van der Waals surface area contributed by atoms with Crippen molar-refractivity contribution in [3.8, 4) is 11.6 Å². The molecule has 15 nitrogen and oxygen atoms in total. The second-order valence-electron chi connectivity index (χ2n) is 19.5. The summed E-state index contributed by atoms with van der Waals surface area (Å²) in [7, 11) is -1.92. The molecule has 4 heterocycles. The number of hydrogen-bond donors (Lipinski definition) is 3. The van der Waals surface area contributed by atoms with Crippen molar-refractivity contribution in [1.82, 2.24) is 30.1 Å². The number of benzene rings is 1. The quantitative estimate of drug-likeness (QED) is 0.307. The maximum Gasteiger partial charge on any atom is 0.408 e. The number of pyridine rings is 1. The van der Waals surface area contributed by atoms with Crippen LogP contribution in [0.15, 0.2) is 36.9 Å². The standard InChI is InChI=1S/C44H60N6O9S/c1-7-28-21-44(28,40(53)48-60(55,56)43(5)17-18-43)47-37(51)33-20-29-24-50(33)39(52)36(42(2,3)4)46-41(54)59-34-19-27(34)13-9-8-10-15-31-35(57-25-26-22-49(6)23-26)30-14-11-12-16-32(30)45-38(31)58-29/h7,11-12,14,16,26-29,33-34,36H,1,8-10,13,15,17-25H2,2-6H3,(H,46,54)(H,47,51)(H,48,53)/t27-,28-,29-,33+,34-,36-,44-/m1/s1. The third kappa shape index (κ3) is 8.42. The lowest BCUT2D eigenvalue weighted by atomic mass is 9.85. The number of amides is 4. The van der Waals surface area contributed by atoms with Gasteiger partial charge in [0.15, 0.2) is 0 Å². The second-order valence-corrected chi connectivity index (χ2v) is 21.7. The number of nitrogens with one attached hydrogen (secondary N) is 3. The number of likely N-dealkylation sites (tertiary alicyclic amines) is 1. The first-order valence-corrected chi connectivity index (χ1v) is 23.1. The SMILES string of the molecule is C=C[C@@H]1C[C@]1(NC(=O)[C@@H]1C[C@@H]2CN1C(=O)[C@H](C(C)(C)C)NC(=O)O[C@@H]1C[C@H]1CCCCCc1c(nc3ccccc3c1OCC1CN(C)C1)O2)C(=O)NS(=O)(=O)C1(C)CC1. The van der Waals surface area contributed by atoms with Crippen molar-refractivity contribution in [2.24, 2.45) is 23.2 Å². The van der Waals surface area contributed by atoms with E-state index in [2.05, 4.69) is 33.9 Å². The molecular weight excluding hydrogens is 789 g/mol. The molecular formula is C44H60N6O9S. The van der Waals surface area contributed by atoms with Crippen LogP contribution in [0.2, 0.25) is 0 Å². The zero-order valence-electron chi connectivity index (χ0n) is 35.5. The number of rotatable bonds is 9. The zero-order valence-corrected chi connectivity index (χ0v) is 36.3. The Balaban J connectivity index is 1.13. The van der Waals surface area contributed by atoms with E-state index >= 15 is 0 Å². The minimum Gasteiger partial charge on any atom is -0.492 e. The van der Waals surface area contributed by atoms with Crippen LogP contribution >= 0.6 is 0 Å². The molecule has 8 rings (SSSR count). The molecule has 0 spiro atoms. The van der Waals surface area contributed by atoms with Crippen LogP contribution in [0.1, 0.15) is 91.0 Å². The lowest BCUT2D eigenvalue weighted by Crippen LogP contribution is -2.60. The van der Waals surface area contributed by atoms with Gasteiger partial charge in [-0.2, -0.15) is 0 Å². The largest absolute Gasteiger partial charge is 0.492 e. The maximum atomic E-state index is 14.8. The van der Waals surface area contributed by atoms with Crippen LogP contribution in [0.4, 0.5) is 4.79 Å². The number of sulfonamides is 1. The molecule has 3 aliphatic carbocycles. The number of fused-ring (bicyclic) bond motifs is 5. The summed E-state index contributed by atoms with van der Waals surface area (Å²) in [5.74, 6) is -0.766. The number of nitrogens with zero attached hydrogens (tertiary/aromatic N) is 3. The van der Waals surface area contributed by atoms with E-state index in [1.807, 2.05) is 45.0 Å². The fraction of sp³-hybridized carbons (Fsp3) is 0.659. The maximum absolute atomic E-state index is 14.8. The summed E-state index contributed by atoms with van der Waals surface area (Å²) in [6.45, 7) is 13.3. The van der Waals surface area contributed by atoms with Crippen molar-refractivity contribution >= 4 is 44.7 Å². The molecule has 60 heavy (non-hydrogen) atoms. The van der Waals surface area contributed by atoms with E-state index in [0.29, 0.717) is 43.2 Å². The van der Waals surface area contributed by atoms with Crippen molar-refractivity contribution in [3.63, 3.8) is 0 Å². The normalized spacial score (nSPS) is 30.8. The molecule has 2 aromatic rings. The number of alkyl carbamates (subject to hydrolysis) is 1. The smallest absolute Gasteiger partial charge is 0.408 e. The molecule has 2 saturated heterocycles. The highest BCUT2D eigenvalue weighted by molar-refractivity contribution is 7.91. The van der Waals surface area contributed by atoms with E-state index in [1.165, 1.54) is 11.0 Å². The van der Waals surface area contributed by atoms with E-state index < -0.39 is 73.6 Å². The molecule has 0 unspecified atom stereocenters. The Morgan fingerprint density at radius 2 is 1.83 bits per heavy atom. The average molecular weight is 849 g/mol. The summed E-state index contributed by atoms with van der Waals surface area (Å²) in [6, 6.07) is 5.57. The fourth-order valence-corrected chi connectivity index (χ4v) is 10.4. The first-order valence-electron chi connectivity index (χ1n) is 21.6. The summed E-state index contributed by atoms with van der Waals surface area (Å²) in [5, 5.41) is 6.58. The highest BCUT2D eigenvalue weighted by atomic mass is 32.2. The molecule has 1 aromatic carbocycles. The van der Waals surface area contributed by atoms with Crippen molar-refractivity contribution < 1.29 is 41.8 Å². The molecule has 7 atom stereocenters. The van der Waals surface area contributed by atoms with Crippen LogP contribution in [0.5, 0.6) is 11.6 Å². The van der Waals surface area contributed by atoms with Gasteiger partial charge in [-0.15, -0.1) is 6.58 Å². The monoisotopic (exact) mass is 848 g/mol. The van der Waals surface area contributed by atoms with Crippen molar-refractivity contribution in [1.29, 1.82) is 0 Å². The van der Waals surface area contributed by atoms with Gasteiger partial charge in [0.25, 0.3) is 5.91 Å². The Morgan fingerprint density at radius 1 is 1.08 bits per heavy atom. The van der Waals surface area contributed by atoms with Gasteiger partial charge in [-0.3, -0.25) is 19.1 Å². The van der Waals surface area contributed by atoms with E-state index in [-0.39, 0.29) is 31.4 Å². The Kier molecular flexibility index (Phi) is 11.1. The van der Waals surface area contributed by atoms with Crippen molar-refractivity contribution in [2.45, 2.75) is 126 Å². The van der Waals surface area contributed by atoms with Gasteiger partial charge in [-0.25, -0.2) is 18.2 Å². The first kappa shape index (κ1) is 42.3. The summed E-state index contributed by atoms with van der Waals surface area (Å²) in [5.41, 5.74) is -0.832. The topological polar surface area (TPSA) is 186 Å². The van der Waals surface area contributed by atoms with Crippen LogP contribution < -0.4 is 24.8 Å². The Bertz CT molecular complexity index is 2170. The molecule has 3 aliphatic heterocycles. The number of carbonyl (C=O) groups excluding carboxylic acids is 4. The third-order valence-electron chi connectivity index (χ3n) is 13.5. The van der Waals surface area contributed by atoms with E-state index in [4.69, 9.17) is 19.2 Å². The van der Waals surface area contributed by atoms with E-state index in [0.717, 1.165) is 61.9 Å².